The van der Waals surface area contributed by atoms with E-state index in [9.17, 15) is 0 Å². The van der Waals surface area contributed by atoms with Gasteiger partial charge in [0.15, 0.2) is 0 Å². The Morgan fingerprint density at radius 3 is 1.30 bits per heavy atom. The van der Waals surface area contributed by atoms with Gasteiger partial charge in [0, 0.05) is 33.5 Å². The van der Waals surface area contributed by atoms with Crippen molar-refractivity contribution in [3.05, 3.63) is 313 Å². The second-order valence-corrected chi connectivity index (χ2v) is 19.2. The quantitative estimate of drug-likeness (QED) is 0.140. The fourth-order valence-electron chi connectivity index (χ4n) is 12.0. The summed E-state index contributed by atoms with van der Waals surface area (Å²) in [5, 5.41) is 4.95. The largest absolute Gasteiger partial charge is 0.311 e. The van der Waals surface area contributed by atoms with Gasteiger partial charge >= 0.3 is 0 Å². The summed E-state index contributed by atoms with van der Waals surface area (Å²) >= 11 is 0. The normalized spacial score (nSPS) is 12.5. The van der Waals surface area contributed by atoms with Crippen molar-refractivity contribution in [3.63, 3.8) is 0 Å². The van der Waals surface area contributed by atoms with E-state index in [0.29, 0.717) is 0 Å². The van der Waals surface area contributed by atoms with Gasteiger partial charge in [0.1, 0.15) is 0 Å². The minimum absolute atomic E-state index is 0.432. The van der Waals surface area contributed by atoms with Crippen molar-refractivity contribution in [2.24, 2.45) is 0 Å². The molecule has 0 bridgehead atoms. The number of aromatic nitrogens is 1. The van der Waals surface area contributed by atoms with E-state index in [0.717, 1.165) is 22.7 Å². The maximum absolute atomic E-state index is 2.41. The maximum atomic E-state index is 2.41. The van der Waals surface area contributed by atoms with Crippen LogP contribution in [0.4, 0.5) is 17.1 Å². The van der Waals surface area contributed by atoms with E-state index in [1.54, 1.807) is 0 Å². The van der Waals surface area contributed by atoms with Crippen molar-refractivity contribution >= 4 is 49.6 Å². The van der Waals surface area contributed by atoms with Gasteiger partial charge in [0.25, 0.3) is 0 Å². The molecule has 0 unspecified atom stereocenters. The Morgan fingerprint density at radius 1 is 0.274 bits per heavy atom. The molecule has 0 atom stereocenters. The molecule has 1 aliphatic rings. The van der Waals surface area contributed by atoms with Gasteiger partial charge < -0.3 is 9.47 Å². The zero-order chi connectivity index (χ0) is 48.3. The maximum Gasteiger partial charge on any atom is 0.0713 e. The number of nitrogens with zero attached hydrogens (tertiary/aromatic N) is 2. The first kappa shape index (κ1) is 42.4. The van der Waals surface area contributed by atoms with E-state index >= 15 is 0 Å². The number of benzene rings is 12. The van der Waals surface area contributed by atoms with Crippen molar-refractivity contribution < 1.29 is 0 Å². The molecule has 0 N–H and O–H groups in total. The predicted molar refractivity (Wildman–Crippen MR) is 307 cm³/mol. The van der Waals surface area contributed by atoms with Crippen LogP contribution in [-0.4, -0.2) is 4.57 Å². The molecule has 12 aromatic carbocycles. The second kappa shape index (κ2) is 17.4. The lowest BCUT2D eigenvalue weighted by atomic mass is 9.67. The zero-order valence-electron chi connectivity index (χ0n) is 40.1. The van der Waals surface area contributed by atoms with Gasteiger partial charge in [-0.2, -0.15) is 0 Å². The van der Waals surface area contributed by atoms with Gasteiger partial charge in [-0.25, -0.2) is 0 Å². The molecule has 2 nitrogen and oxygen atoms in total. The highest BCUT2D eigenvalue weighted by Crippen LogP contribution is 2.56. The molecule has 0 spiro atoms. The first-order chi connectivity index (χ1) is 36.2. The Hall–Kier alpha value is -9.50. The van der Waals surface area contributed by atoms with E-state index < -0.39 is 5.41 Å². The van der Waals surface area contributed by atoms with Gasteiger partial charge in [0.2, 0.25) is 0 Å². The zero-order valence-corrected chi connectivity index (χ0v) is 40.1. The summed E-state index contributed by atoms with van der Waals surface area (Å²) in [6.07, 6.45) is 0. The highest BCUT2D eigenvalue weighted by atomic mass is 15.1. The summed E-state index contributed by atoms with van der Waals surface area (Å²) in [5.74, 6) is 0. The molecular weight excluding hydrogens is 881 g/mol. The molecule has 0 amide bonds. The summed E-state index contributed by atoms with van der Waals surface area (Å²) < 4.78 is 2.41. The van der Waals surface area contributed by atoms with Crippen molar-refractivity contribution in [2.75, 3.05) is 4.90 Å². The van der Waals surface area contributed by atoms with Gasteiger partial charge in [-0.1, -0.05) is 218 Å². The van der Waals surface area contributed by atoms with E-state index in [2.05, 4.69) is 301 Å². The monoisotopic (exact) mass is 928 g/mol. The number of hydrogen-bond acceptors (Lipinski definition) is 1. The highest BCUT2D eigenvalue weighted by molar-refractivity contribution is 6.12. The van der Waals surface area contributed by atoms with Crippen LogP contribution >= 0.6 is 0 Å². The second-order valence-electron chi connectivity index (χ2n) is 19.2. The van der Waals surface area contributed by atoms with Crippen LogP contribution in [0, 0.1) is 0 Å². The molecule has 1 aliphatic carbocycles. The molecule has 14 rings (SSSR count). The fourth-order valence-corrected chi connectivity index (χ4v) is 12.0. The van der Waals surface area contributed by atoms with Crippen LogP contribution in [0.25, 0.3) is 82.8 Å². The molecule has 13 aromatic rings. The van der Waals surface area contributed by atoms with E-state index in [1.807, 2.05) is 0 Å². The topological polar surface area (TPSA) is 8.17 Å². The minimum Gasteiger partial charge on any atom is -0.311 e. The van der Waals surface area contributed by atoms with Crippen molar-refractivity contribution in [1.29, 1.82) is 0 Å². The Kier molecular flexibility index (Phi) is 10.1. The number of para-hydroxylation sites is 2. The van der Waals surface area contributed by atoms with Crippen molar-refractivity contribution in [2.45, 2.75) is 5.41 Å². The fraction of sp³-hybridized carbons (Fsp3) is 0.0141. The summed E-state index contributed by atoms with van der Waals surface area (Å²) in [4.78, 5) is 2.34. The molecule has 1 heterocycles. The van der Waals surface area contributed by atoms with Crippen LogP contribution in [0.2, 0.25) is 0 Å². The van der Waals surface area contributed by atoms with Crippen LogP contribution in [0.3, 0.4) is 0 Å². The molecule has 0 saturated heterocycles. The lowest BCUT2D eigenvalue weighted by Gasteiger charge is -2.34. The van der Waals surface area contributed by atoms with Crippen LogP contribution < -0.4 is 4.90 Å². The summed E-state index contributed by atoms with van der Waals surface area (Å²) in [5.41, 5.74) is 21.3. The third-order valence-corrected chi connectivity index (χ3v) is 15.3. The molecule has 0 fully saturated rings. The van der Waals surface area contributed by atoms with E-state index in [-0.39, 0.29) is 0 Å². The van der Waals surface area contributed by atoms with Gasteiger partial charge in [0.05, 0.1) is 16.4 Å². The lowest BCUT2D eigenvalue weighted by Crippen LogP contribution is -2.28. The van der Waals surface area contributed by atoms with Gasteiger partial charge in [-0.15, -0.1) is 0 Å². The first-order valence-electron chi connectivity index (χ1n) is 25.2. The van der Waals surface area contributed by atoms with Crippen LogP contribution in [0.15, 0.2) is 291 Å². The lowest BCUT2D eigenvalue weighted by molar-refractivity contribution is 0.768. The number of hydrogen-bond donors (Lipinski definition) is 0. The summed E-state index contributed by atoms with van der Waals surface area (Å²) in [6, 6.07) is 107. The van der Waals surface area contributed by atoms with E-state index in [1.165, 1.54) is 99.3 Å². The third-order valence-electron chi connectivity index (χ3n) is 15.3. The smallest absolute Gasteiger partial charge is 0.0713 e. The Bertz CT molecular complexity index is 4100. The van der Waals surface area contributed by atoms with E-state index in [4.69, 9.17) is 0 Å². The number of fused-ring (bicyclic) bond motifs is 7. The average molecular weight is 929 g/mol. The molecule has 0 saturated carbocycles. The SMILES string of the molecule is c1ccc(N(c2ccc(-c3ccc4c(c3)c3cc(-c5ccc(C6(c7ccccc7)c7ccccc7-c7ccccc76)cc5)ccc3n4-c3ccccc3)cc2)c2ccc(-c3cccc4ccccc34)cc2)cc1. The van der Waals surface area contributed by atoms with Crippen LogP contribution in [-0.2, 0) is 5.41 Å². The van der Waals surface area contributed by atoms with Crippen molar-refractivity contribution in [1.82, 2.24) is 4.57 Å². The van der Waals surface area contributed by atoms with Crippen LogP contribution in [0.5, 0.6) is 0 Å². The summed E-state index contributed by atoms with van der Waals surface area (Å²) in [7, 11) is 0. The molecule has 342 valence electrons. The van der Waals surface area contributed by atoms with Gasteiger partial charge in [-0.05, 0) is 150 Å². The van der Waals surface area contributed by atoms with Crippen LogP contribution in [0.1, 0.15) is 22.3 Å². The van der Waals surface area contributed by atoms with Crippen molar-refractivity contribution in [3.8, 4) is 50.2 Å². The molecule has 73 heavy (non-hydrogen) atoms. The molecule has 0 aliphatic heterocycles. The van der Waals surface area contributed by atoms with Gasteiger partial charge in [-0.3, -0.25) is 0 Å². The minimum atomic E-state index is -0.432. The molecule has 2 heteroatoms. The molecule has 1 aromatic heterocycles. The molecule has 0 radical (unpaired) electrons. The molecular formula is C71H48N2. The average Bonchev–Trinajstić information content (AvgIpc) is 3.97. The Labute approximate surface area is 426 Å². The number of anilines is 3. The standard InChI is InChI=1S/C71H48N2/c1-4-19-55(20-5-1)71(67-29-14-12-26-63(67)64-27-13-15-30-68(64)71)56-39-31-49(32-40-56)53-37-45-69-65(47-53)66-48-54(38-46-70(66)73(69)58-23-8-3-9-24-58)50-33-41-59(42-34-50)72(57-21-6-2-7-22-57)60-43-35-52(36-44-60)62-28-16-18-51-17-10-11-25-61(51)62/h1-48H. The Balaban J connectivity index is 0.843. The Morgan fingerprint density at radius 2 is 0.699 bits per heavy atom. The third kappa shape index (κ3) is 6.94. The highest BCUT2D eigenvalue weighted by Gasteiger charge is 2.45. The first-order valence-corrected chi connectivity index (χ1v) is 25.2. The predicted octanol–water partition coefficient (Wildman–Crippen LogP) is 18.8. The summed E-state index contributed by atoms with van der Waals surface area (Å²) in [6.45, 7) is 0. The number of rotatable bonds is 9.